The van der Waals surface area contributed by atoms with Crippen LogP contribution in [0.15, 0.2) is 22.6 Å². The van der Waals surface area contributed by atoms with E-state index in [1.54, 1.807) is 14.2 Å². The van der Waals surface area contributed by atoms with Gasteiger partial charge in [0.25, 0.3) is 0 Å². The fourth-order valence-electron chi connectivity index (χ4n) is 1.68. The SMILES string of the molecule is COc1ccc(CNc2nnc(CCCl)o2)cc1OC. The number of methoxy groups -OCH3 is 2. The van der Waals surface area contributed by atoms with Crippen molar-refractivity contribution in [2.45, 2.75) is 13.0 Å². The normalized spacial score (nSPS) is 10.3. The van der Waals surface area contributed by atoms with Crippen molar-refractivity contribution in [2.24, 2.45) is 0 Å². The summed E-state index contributed by atoms with van der Waals surface area (Å²) in [4.78, 5) is 0. The van der Waals surface area contributed by atoms with Gasteiger partial charge in [-0.2, -0.15) is 0 Å². The van der Waals surface area contributed by atoms with E-state index in [0.29, 0.717) is 42.2 Å². The van der Waals surface area contributed by atoms with Crippen molar-refractivity contribution < 1.29 is 13.9 Å². The number of benzene rings is 1. The lowest BCUT2D eigenvalue weighted by atomic mass is 10.2. The zero-order chi connectivity index (χ0) is 14.4. The van der Waals surface area contributed by atoms with Gasteiger partial charge in [-0.15, -0.1) is 16.7 Å². The molecular formula is C13H16ClN3O3. The van der Waals surface area contributed by atoms with Crippen LogP contribution in [0.1, 0.15) is 11.5 Å². The number of alkyl halides is 1. The standard InChI is InChI=1S/C13H16ClN3O3/c1-18-10-4-3-9(7-11(10)19-2)8-15-13-17-16-12(20-13)5-6-14/h3-4,7H,5-6,8H2,1-2H3,(H,15,17). The number of aromatic nitrogens is 2. The molecule has 1 N–H and O–H groups in total. The second-order valence-corrected chi connectivity index (χ2v) is 4.36. The summed E-state index contributed by atoms with van der Waals surface area (Å²) in [6.07, 6.45) is 0.562. The molecular weight excluding hydrogens is 282 g/mol. The van der Waals surface area contributed by atoms with Gasteiger partial charge in [0, 0.05) is 18.8 Å². The summed E-state index contributed by atoms with van der Waals surface area (Å²) >= 11 is 5.61. The van der Waals surface area contributed by atoms with Crippen LogP contribution in [0.4, 0.5) is 6.01 Å². The fourth-order valence-corrected chi connectivity index (χ4v) is 1.84. The molecule has 7 heteroatoms. The van der Waals surface area contributed by atoms with Gasteiger partial charge in [-0.25, -0.2) is 0 Å². The maximum atomic E-state index is 5.61. The van der Waals surface area contributed by atoms with E-state index in [1.807, 2.05) is 18.2 Å². The number of hydrogen-bond acceptors (Lipinski definition) is 6. The molecule has 0 bridgehead atoms. The van der Waals surface area contributed by atoms with E-state index >= 15 is 0 Å². The van der Waals surface area contributed by atoms with Crippen LogP contribution in [0.3, 0.4) is 0 Å². The Morgan fingerprint density at radius 1 is 1.20 bits per heavy atom. The molecule has 2 aromatic rings. The highest BCUT2D eigenvalue weighted by Gasteiger charge is 2.07. The number of nitrogens with one attached hydrogen (secondary N) is 1. The first kappa shape index (κ1) is 14.5. The monoisotopic (exact) mass is 297 g/mol. The number of anilines is 1. The third-order valence-electron chi connectivity index (χ3n) is 2.67. The molecule has 0 aliphatic rings. The predicted molar refractivity (Wildman–Crippen MR) is 75.6 cm³/mol. The van der Waals surface area contributed by atoms with Crippen molar-refractivity contribution in [3.05, 3.63) is 29.7 Å². The zero-order valence-corrected chi connectivity index (χ0v) is 12.1. The van der Waals surface area contributed by atoms with Crippen molar-refractivity contribution >= 4 is 17.6 Å². The van der Waals surface area contributed by atoms with Crippen LogP contribution in [0.2, 0.25) is 0 Å². The smallest absolute Gasteiger partial charge is 0.315 e. The molecule has 0 spiro atoms. The predicted octanol–water partition coefficient (Wildman–Crippen LogP) is 2.48. The molecule has 6 nitrogen and oxygen atoms in total. The fraction of sp³-hybridized carbons (Fsp3) is 0.385. The third-order valence-corrected chi connectivity index (χ3v) is 2.86. The number of rotatable bonds is 7. The first-order chi connectivity index (χ1) is 9.76. The average Bonchev–Trinajstić information content (AvgIpc) is 2.93. The van der Waals surface area contributed by atoms with Crippen molar-refractivity contribution in [1.82, 2.24) is 10.2 Å². The highest BCUT2D eigenvalue weighted by atomic mass is 35.5. The summed E-state index contributed by atoms with van der Waals surface area (Å²) in [6.45, 7) is 0.545. The van der Waals surface area contributed by atoms with Crippen molar-refractivity contribution in [3.63, 3.8) is 0 Å². The van der Waals surface area contributed by atoms with Crippen LogP contribution < -0.4 is 14.8 Å². The molecule has 0 atom stereocenters. The van der Waals surface area contributed by atoms with Gasteiger partial charge < -0.3 is 19.2 Å². The van der Waals surface area contributed by atoms with Crippen molar-refractivity contribution in [3.8, 4) is 11.5 Å². The summed E-state index contributed by atoms with van der Waals surface area (Å²) in [5.74, 6) is 2.35. The summed E-state index contributed by atoms with van der Waals surface area (Å²) in [6, 6.07) is 6.05. The van der Waals surface area contributed by atoms with Crippen LogP contribution in [0.5, 0.6) is 11.5 Å². The summed E-state index contributed by atoms with van der Waals surface area (Å²) in [7, 11) is 3.21. The molecule has 0 saturated carbocycles. The van der Waals surface area contributed by atoms with Crippen LogP contribution in [0.25, 0.3) is 0 Å². The Morgan fingerprint density at radius 2 is 2.00 bits per heavy atom. The Hall–Kier alpha value is -1.95. The molecule has 0 aliphatic carbocycles. The van der Waals surface area contributed by atoms with Gasteiger partial charge in [-0.3, -0.25) is 0 Å². The van der Waals surface area contributed by atoms with E-state index in [-0.39, 0.29) is 0 Å². The third kappa shape index (κ3) is 3.54. The lowest BCUT2D eigenvalue weighted by Crippen LogP contribution is -2.00. The van der Waals surface area contributed by atoms with E-state index in [2.05, 4.69) is 15.5 Å². The Kier molecular flexibility index (Phi) is 5.06. The van der Waals surface area contributed by atoms with Gasteiger partial charge in [0.2, 0.25) is 5.89 Å². The Labute approximate surface area is 122 Å². The molecule has 108 valence electrons. The van der Waals surface area contributed by atoms with Gasteiger partial charge in [-0.05, 0) is 17.7 Å². The quantitative estimate of drug-likeness (QED) is 0.792. The topological polar surface area (TPSA) is 69.4 Å². The lowest BCUT2D eigenvalue weighted by molar-refractivity contribution is 0.354. The average molecular weight is 298 g/mol. The largest absolute Gasteiger partial charge is 0.493 e. The summed E-state index contributed by atoms with van der Waals surface area (Å²) in [5, 5.41) is 10.8. The Morgan fingerprint density at radius 3 is 2.70 bits per heavy atom. The molecule has 1 heterocycles. The second kappa shape index (κ2) is 7.00. The number of hydrogen-bond donors (Lipinski definition) is 1. The number of nitrogens with zero attached hydrogens (tertiary/aromatic N) is 2. The molecule has 0 fully saturated rings. The van der Waals surface area contributed by atoms with E-state index in [4.69, 9.17) is 25.5 Å². The molecule has 20 heavy (non-hydrogen) atoms. The molecule has 0 aliphatic heterocycles. The highest BCUT2D eigenvalue weighted by Crippen LogP contribution is 2.27. The summed E-state index contributed by atoms with van der Waals surface area (Å²) < 4.78 is 15.8. The van der Waals surface area contributed by atoms with Gasteiger partial charge in [0.05, 0.1) is 14.2 Å². The second-order valence-electron chi connectivity index (χ2n) is 3.98. The molecule has 0 amide bonds. The first-order valence-corrected chi connectivity index (χ1v) is 6.63. The van der Waals surface area contributed by atoms with Crippen LogP contribution in [0, 0.1) is 0 Å². The number of halogens is 1. The maximum Gasteiger partial charge on any atom is 0.315 e. The number of aryl methyl sites for hydroxylation is 1. The molecule has 2 rings (SSSR count). The Balaban J connectivity index is 1.99. The van der Waals surface area contributed by atoms with E-state index in [9.17, 15) is 0 Å². The molecule has 0 saturated heterocycles. The van der Waals surface area contributed by atoms with Gasteiger partial charge in [0.1, 0.15) is 0 Å². The summed E-state index contributed by atoms with van der Waals surface area (Å²) in [5.41, 5.74) is 1.01. The van der Waals surface area contributed by atoms with E-state index < -0.39 is 0 Å². The van der Waals surface area contributed by atoms with Crippen LogP contribution >= 0.6 is 11.6 Å². The minimum Gasteiger partial charge on any atom is -0.493 e. The van der Waals surface area contributed by atoms with Crippen molar-refractivity contribution in [1.29, 1.82) is 0 Å². The van der Waals surface area contributed by atoms with Gasteiger partial charge in [0.15, 0.2) is 11.5 Å². The Bertz CT molecular complexity index is 560. The first-order valence-electron chi connectivity index (χ1n) is 6.10. The molecule has 0 unspecified atom stereocenters. The van der Waals surface area contributed by atoms with E-state index in [0.717, 1.165) is 5.56 Å². The van der Waals surface area contributed by atoms with E-state index in [1.165, 1.54) is 0 Å². The van der Waals surface area contributed by atoms with Crippen LogP contribution in [-0.2, 0) is 13.0 Å². The molecule has 1 aromatic carbocycles. The van der Waals surface area contributed by atoms with Gasteiger partial charge >= 0.3 is 6.01 Å². The lowest BCUT2D eigenvalue weighted by Gasteiger charge is -2.09. The van der Waals surface area contributed by atoms with Crippen LogP contribution in [-0.4, -0.2) is 30.3 Å². The number of ether oxygens (including phenoxy) is 2. The molecule has 0 radical (unpaired) electrons. The van der Waals surface area contributed by atoms with Crippen molar-refractivity contribution in [2.75, 3.05) is 25.4 Å². The minimum absolute atomic E-state index is 0.375. The maximum absolute atomic E-state index is 5.61. The zero-order valence-electron chi connectivity index (χ0n) is 11.4. The minimum atomic E-state index is 0.375. The van der Waals surface area contributed by atoms with Gasteiger partial charge in [-0.1, -0.05) is 11.2 Å². The molecule has 1 aromatic heterocycles. The highest BCUT2D eigenvalue weighted by molar-refractivity contribution is 6.17.